The van der Waals surface area contributed by atoms with Gasteiger partial charge in [-0.1, -0.05) is 0 Å². The van der Waals surface area contributed by atoms with E-state index in [4.69, 9.17) is 0 Å². The highest BCUT2D eigenvalue weighted by Crippen LogP contribution is 2.27. The summed E-state index contributed by atoms with van der Waals surface area (Å²) >= 11 is 0. The monoisotopic (exact) mass is 196 g/mol. The van der Waals surface area contributed by atoms with E-state index in [1.54, 1.807) is 4.90 Å². The summed E-state index contributed by atoms with van der Waals surface area (Å²) in [6.45, 7) is 4.46. The zero-order chi connectivity index (χ0) is 9.42. The van der Waals surface area contributed by atoms with Crippen LogP contribution in [0.3, 0.4) is 0 Å². The molecule has 0 N–H and O–H groups in total. The zero-order valence-electron chi connectivity index (χ0n) is 8.76. The highest BCUT2D eigenvalue weighted by atomic mass is 32.2. The molecule has 0 bridgehead atoms. The average molecular weight is 196 g/mol. The van der Waals surface area contributed by atoms with Crippen LogP contribution in [0.15, 0.2) is 11.0 Å². The summed E-state index contributed by atoms with van der Waals surface area (Å²) in [4.78, 5) is 1.64. The van der Waals surface area contributed by atoms with Gasteiger partial charge in [0.1, 0.15) is 11.5 Å². The van der Waals surface area contributed by atoms with Crippen molar-refractivity contribution in [3.63, 3.8) is 0 Å². The second-order valence-electron chi connectivity index (χ2n) is 3.90. The van der Waals surface area contributed by atoms with Crippen LogP contribution < -0.4 is 0 Å². The van der Waals surface area contributed by atoms with Gasteiger partial charge in [0, 0.05) is 29.7 Å². The molecule has 1 aliphatic heterocycles. The van der Waals surface area contributed by atoms with Gasteiger partial charge in [0.25, 0.3) is 0 Å². The lowest BCUT2D eigenvalue weighted by Crippen LogP contribution is -2.05. The Morgan fingerprint density at radius 3 is 2.31 bits per heavy atom. The quantitative estimate of drug-likeness (QED) is 0.608. The first-order chi connectivity index (χ1) is 6.20. The number of rotatable bonds is 1. The van der Waals surface area contributed by atoms with Gasteiger partial charge in [-0.25, -0.2) is 0 Å². The van der Waals surface area contributed by atoms with Gasteiger partial charge in [-0.3, -0.25) is 0 Å². The molecule has 0 saturated carbocycles. The van der Waals surface area contributed by atoms with Crippen molar-refractivity contribution in [1.82, 2.24) is 4.57 Å². The van der Waals surface area contributed by atoms with Crippen LogP contribution in [0.25, 0.3) is 0 Å². The summed E-state index contributed by atoms with van der Waals surface area (Å²) in [5.41, 5.74) is 2.90. The molecule has 0 amide bonds. The second kappa shape index (κ2) is 3.41. The Balaban J connectivity index is 2.34. The minimum absolute atomic E-state index is 0.587. The van der Waals surface area contributed by atoms with Gasteiger partial charge in [0.15, 0.2) is 4.90 Å². The first-order valence-electron chi connectivity index (χ1n) is 5.00. The first kappa shape index (κ1) is 9.20. The summed E-state index contributed by atoms with van der Waals surface area (Å²) in [5, 5.41) is 0. The van der Waals surface area contributed by atoms with E-state index in [0.717, 1.165) is 0 Å². The number of hydrogen-bond acceptors (Lipinski definition) is 0. The van der Waals surface area contributed by atoms with E-state index in [9.17, 15) is 0 Å². The topological polar surface area (TPSA) is 4.93 Å². The van der Waals surface area contributed by atoms with Crippen molar-refractivity contribution in [2.24, 2.45) is 7.05 Å². The minimum Gasteiger partial charge on any atom is -0.348 e. The highest BCUT2D eigenvalue weighted by molar-refractivity contribution is 7.97. The van der Waals surface area contributed by atoms with E-state index in [0.29, 0.717) is 10.9 Å². The Bertz CT molecular complexity index is 308. The van der Waals surface area contributed by atoms with Gasteiger partial charge >= 0.3 is 0 Å². The molecule has 1 aromatic heterocycles. The maximum atomic E-state index is 2.39. The van der Waals surface area contributed by atoms with Gasteiger partial charge in [-0.15, -0.1) is 0 Å². The molecule has 1 aliphatic rings. The van der Waals surface area contributed by atoms with Crippen molar-refractivity contribution in [2.45, 2.75) is 31.6 Å². The number of aryl methyl sites for hydroxylation is 1. The standard InChI is InChI=1S/C11H18NS/c1-9-8-11(10(2)12(9)3)13-6-4-5-7-13/h8H,4-7H2,1-3H3/q+1. The Hall–Kier alpha value is -0.370. The average Bonchev–Trinajstić information content (AvgIpc) is 2.70. The third kappa shape index (κ3) is 1.52. The molecule has 0 radical (unpaired) electrons. The van der Waals surface area contributed by atoms with Crippen molar-refractivity contribution in [3.8, 4) is 0 Å². The fraction of sp³-hybridized carbons (Fsp3) is 0.636. The number of nitrogens with zero attached hydrogens (tertiary/aromatic N) is 1. The molecular formula is C11H18NS+. The van der Waals surface area contributed by atoms with Crippen molar-refractivity contribution < 1.29 is 0 Å². The van der Waals surface area contributed by atoms with Gasteiger partial charge in [-0.2, -0.15) is 0 Å². The smallest absolute Gasteiger partial charge is 0.175 e. The molecule has 0 unspecified atom stereocenters. The van der Waals surface area contributed by atoms with Crippen LogP contribution in [0.2, 0.25) is 0 Å². The Morgan fingerprint density at radius 1 is 1.23 bits per heavy atom. The molecule has 1 saturated heterocycles. The molecule has 2 heteroatoms. The number of aromatic nitrogens is 1. The highest BCUT2D eigenvalue weighted by Gasteiger charge is 2.30. The summed E-state index contributed by atoms with van der Waals surface area (Å²) in [6.07, 6.45) is 2.88. The van der Waals surface area contributed by atoms with E-state index in [1.807, 2.05) is 0 Å². The van der Waals surface area contributed by atoms with Gasteiger partial charge in [-0.05, 0) is 26.7 Å². The van der Waals surface area contributed by atoms with Gasteiger partial charge < -0.3 is 4.57 Å². The van der Waals surface area contributed by atoms with Gasteiger partial charge in [0.2, 0.25) is 0 Å². The van der Waals surface area contributed by atoms with Crippen molar-refractivity contribution in [1.29, 1.82) is 0 Å². The van der Waals surface area contributed by atoms with Crippen molar-refractivity contribution in [2.75, 3.05) is 11.5 Å². The van der Waals surface area contributed by atoms with Crippen LogP contribution in [-0.4, -0.2) is 16.1 Å². The summed E-state index contributed by atoms with van der Waals surface area (Å²) < 4.78 is 2.32. The SMILES string of the molecule is Cc1cc([S+]2CCCC2)c(C)n1C. The largest absolute Gasteiger partial charge is 0.348 e. The minimum atomic E-state index is 0.587. The molecular weight excluding hydrogens is 178 g/mol. The lowest BCUT2D eigenvalue weighted by Gasteiger charge is -2.00. The van der Waals surface area contributed by atoms with E-state index in [1.165, 1.54) is 35.7 Å². The molecule has 1 fully saturated rings. The third-order valence-electron chi connectivity index (χ3n) is 3.07. The van der Waals surface area contributed by atoms with Crippen LogP contribution in [0.1, 0.15) is 24.2 Å². The van der Waals surface area contributed by atoms with Crippen molar-refractivity contribution in [3.05, 3.63) is 17.5 Å². The predicted octanol–water partition coefficient (Wildman–Crippen LogP) is 2.41. The Labute approximate surface area is 83.5 Å². The normalized spacial score (nSPS) is 18.4. The van der Waals surface area contributed by atoms with E-state index in [-0.39, 0.29) is 0 Å². The maximum Gasteiger partial charge on any atom is 0.175 e. The molecule has 1 aromatic rings. The molecule has 1 nitrogen and oxygen atoms in total. The number of hydrogen-bond donors (Lipinski definition) is 0. The van der Waals surface area contributed by atoms with E-state index >= 15 is 0 Å². The maximum absolute atomic E-state index is 2.39. The summed E-state index contributed by atoms with van der Waals surface area (Å²) in [7, 11) is 2.76. The molecule has 72 valence electrons. The zero-order valence-corrected chi connectivity index (χ0v) is 9.58. The van der Waals surface area contributed by atoms with Crippen LogP contribution in [0.5, 0.6) is 0 Å². The summed E-state index contributed by atoms with van der Waals surface area (Å²) in [5.74, 6) is 2.87. The van der Waals surface area contributed by atoms with E-state index in [2.05, 4.69) is 31.5 Å². The molecule has 0 aromatic carbocycles. The van der Waals surface area contributed by atoms with Crippen LogP contribution >= 0.6 is 0 Å². The fourth-order valence-electron chi connectivity index (χ4n) is 1.99. The van der Waals surface area contributed by atoms with Gasteiger partial charge in [0.05, 0.1) is 5.69 Å². The summed E-state index contributed by atoms with van der Waals surface area (Å²) in [6, 6.07) is 2.39. The van der Waals surface area contributed by atoms with Crippen molar-refractivity contribution >= 4 is 10.9 Å². The third-order valence-corrected chi connectivity index (χ3v) is 5.67. The molecule has 2 heterocycles. The lowest BCUT2D eigenvalue weighted by molar-refractivity contribution is 0.835. The second-order valence-corrected chi connectivity index (χ2v) is 6.14. The molecule has 0 aliphatic carbocycles. The van der Waals surface area contributed by atoms with Crippen LogP contribution in [-0.2, 0) is 17.9 Å². The van der Waals surface area contributed by atoms with E-state index < -0.39 is 0 Å². The predicted molar refractivity (Wildman–Crippen MR) is 59.5 cm³/mol. The Morgan fingerprint density at radius 2 is 1.85 bits per heavy atom. The van der Waals surface area contributed by atoms with Crippen LogP contribution in [0.4, 0.5) is 0 Å². The van der Waals surface area contributed by atoms with Crippen LogP contribution in [0, 0.1) is 13.8 Å². The fourth-order valence-corrected chi connectivity index (χ4v) is 4.63. The Kier molecular flexibility index (Phi) is 2.41. The first-order valence-corrected chi connectivity index (χ1v) is 6.57. The lowest BCUT2D eigenvalue weighted by atomic mass is 10.4. The molecule has 13 heavy (non-hydrogen) atoms. The molecule has 0 atom stereocenters. The molecule has 2 rings (SSSR count). The molecule has 0 spiro atoms.